The number of amides is 1. The molecule has 1 heterocycles. The summed E-state index contributed by atoms with van der Waals surface area (Å²) in [4.78, 5) is 16.2. The molecule has 2 rings (SSSR count). The van der Waals surface area contributed by atoms with E-state index in [0.717, 1.165) is 12.1 Å². The second-order valence-corrected chi connectivity index (χ2v) is 4.81. The van der Waals surface area contributed by atoms with E-state index in [2.05, 4.69) is 10.3 Å². The van der Waals surface area contributed by atoms with Gasteiger partial charge in [0.25, 0.3) is 5.91 Å². The molecule has 1 N–H and O–H groups in total. The first-order chi connectivity index (χ1) is 9.72. The number of hydrogen-bond acceptors (Lipinski definition) is 5. The van der Waals surface area contributed by atoms with Crippen LogP contribution < -0.4 is 14.8 Å². The van der Waals surface area contributed by atoms with E-state index in [9.17, 15) is 4.79 Å². The van der Waals surface area contributed by atoms with Gasteiger partial charge in [-0.1, -0.05) is 0 Å². The fourth-order valence-corrected chi connectivity index (χ4v) is 2.30. The number of nitrogens with zero attached hydrogens (tertiary/aromatic N) is 1. The molecule has 106 valence electrons. The van der Waals surface area contributed by atoms with Crippen molar-refractivity contribution < 1.29 is 14.3 Å². The standard InChI is InChI=1S/C14H16N2O3S/c1-18-12-5-10(6-13(7-12)19-2)14(17)15-4-3-11-8-20-9-16-11/h5-9H,3-4H2,1-2H3,(H,15,17). The topological polar surface area (TPSA) is 60.5 Å². The lowest BCUT2D eigenvalue weighted by Gasteiger charge is -2.09. The molecule has 6 heteroatoms. The highest BCUT2D eigenvalue weighted by atomic mass is 32.1. The summed E-state index contributed by atoms with van der Waals surface area (Å²) < 4.78 is 10.3. The third kappa shape index (κ3) is 3.71. The molecule has 0 aliphatic carbocycles. The van der Waals surface area contributed by atoms with Crippen LogP contribution in [0.25, 0.3) is 0 Å². The van der Waals surface area contributed by atoms with E-state index in [1.807, 2.05) is 5.38 Å². The van der Waals surface area contributed by atoms with Crippen LogP contribution in [0.3, 0.4) is 0 Å². The largest absolute Gasteiger partial charge is 0.497 e. The van der Waals surface area contributed by atoms with Gasteiger partial charge in [0.05, 0.1) is 25.4 Å². The number of methoxy groups -OCH3 is 2. The van der Waals surface area contributed by atoms with Gasteiger partial charge in [-0.3, -0.25) is 4.79 Å². The van der Waals surface area contributed by atoms with Gasteiger partial charge in [0.2, 0.25) is 0 Å². The van der Waals surface area contributed by atoms with Crippen molar-refractivity contribution in [1.29, 1.82) is 0 Å². The second-order valence-electron chi connectivity index (χ2n) is 4.09. The molecule has 0 saturated carbocycles. The summed E-state index contributed by atoms with van der Waals surface area (Å²) in [5, 5.41) is 4.83. The first-order valence-corrected chi connectivity index (χ1v) is 7.05. The number of ether oxygens (including phenoxy) is 2. The number of carbonyl (C=O) groups is 1. The Labute approximate surface area is 121 Å². The summed E-state index contributed by atoms with van der Waals surface area (Å²) in [5.74, 6) is 1.03. The lowest BCUT2D eigenvalue weighted by atomic mass is 10.2. The summed E-state index contributed by atoms with van der Waals surface area (Å²) in [7, 11) is 3.11. The highest BCUT2D eigenvalue weighted by molar-refractivity contribution is 7.07. The van der Waals surface area contributed by atoms with Crippen LogP contribution in [0.15, 0.2) is 29.1 Å². The van der Waals surface area contributed by atoms with Gasteiger partial charge in [-0.05, 0) is 12.1 Å². The van der Waals surface area contributed by atoms with Gasteiger partial charge in [-0.15, -0.1) is 11.3 Å². The number of hydrogen-bond donors (Lipinski definition) is 1. The molecule has 0 fully saturated rings. The SMILES string of the molecule is COc1cc(OC)cc(C(=O)NCCc2cscn2)c1. The Morgan fingerprint density at radius 1 is 1.25 bits per heavy atom. The molecule has 0 aliphatic rings. The molecule has 0 aliphatic heterocycles. The number of rotatable bonds is 6. The zero-order valence-corrected chi connectivity index (χ0v) is 12.2. The van der Waals surface area contributed by atoms with Crippen molar-refractivity contribution in [3.63, 3.8) is 0 Å². The molecular weight excluding hydrogens is 276 g/mol. The van der Waals surface area contributed by atoms with Gasteiger partial charge in [0.1, 0.15) is 11.5 Å². The number of carbonyl (C=O) groups excluding carboxylic acids is 1. The zero-order chi connectivity index (χ0) is 14.4. The Morgan fingerprint density at radius 3 is 2.50 bits per heavy atom. The van der Waals surface area contributed by atoms with Crippen LogP contribution in [0.1, 0.15) is 16.1 Å². The minimum absolute atomic E-state index is 0.155. The maximum Gasteiger partial charge on any atom is 0.251 e. The monoisotopic (exact) mass is 292 g/mol. The highest BCUT2D eigenvalue weighted by Crippen LogP contribution is 2.22. The van der Waals surface area contributed by atoms with Gasteiger partial charge in [0, 0.05) is 30.0 Å². The van der Waals surface area contributed by atoms with Crippen molar-refractivity contribution in [2.45, 2.75) is 6.42 Å². The Hall–Kier alpha value is -2.08. The van der Waals surface area contributed by atoms with Crippen molar-refractivity contribution in [1.82, 2.24) is 10.3 Å². The summed E-state index contributed by atoms with van der Waals surface area (Å²) >= 11 is 1.55. The Balaban J connectivity index is 1.97. The first kappa shape index (κ1) is 14.3. The summed E-state index contributed by atoms with van der Waals surface area (Å²) in [6.07, 6.45) is 0.719. The van der Waals surface area contributed by atoms with E-state index in [0.29, 0.717) is 23.6 Å². The van der Waals surface area contributed by atoms with E-state index < -0.39 is 0 Å². The molecule has 1 aromatic carbocycles. The minimum atomic E-state index is -0.155. The average molecular weight is 292 g/mol. The van der Waals surface area contributed by atoms with Crippen molar-refractivity contribution >= 4 is 17.2 Å². The maximum atomic E-state index is 12.1. The van der Waals surface area contributed by atoms with Crippen LogP contribution >= 0.6 is 11.3 Å². The smallest absolute Gasteiger partial charge is 0.251 e. The van der Waals surface area contributed by atoms with Crippen molar-refractivity contribution in [3.8, 4) is 11.5 Å². The third-order valence-corrected chi connectivity index (χ3v) is 3.40. The third-order valence-electron chi connectivity index (χ3n) is 2.76. The number of thiazole rings is 1. The van der Waals surface area contributed by atoms with Crippen LogP contribution in [0.5, 0.6) is 11.5 Å². The second kappa shape index (κ2) is 6.91. The van der Waals surface area contributed by atoms with Gasteiger partial charge in [-0.25, -0.2) is 4.98 Å². The molecule has 5 nitrogen and oxygen atoms in total. The van der Waals surface area contributed by atoms with Crippen molar-refractivity contribution in [2.75, 3.05) is 20.8 Å². The van der Waals surface area contributed by atoms with Crippen LogP contribution in [-0.4, -0.2) is 31.7 Å². The summed E-state index contributed by atoms with van der Waals surface area (Å²) in [5.41, 5.74) is 3.28. The van der Waals surface area contributed by atoms with E-state index in [-0.39, 0.29) is 5.91 Å². The van der Waals surface area contributed by atoms with Crippen LogP contribution in [0, 0.1) is 0 Å². The lowest BCUT2D eigenvalue weighted by molar-refractivity contribution is 0.0953. The zero-order valence-electron chi connectivity index (χ0n) is 11.4. The van der Waals surface area contributed by atoms with E-state index in [1.165, 1.54) is 0 Å². The first-order valence-electron chi connectivity index (χ1n) is 6.11. The summed E-state index contributed by atoms with van der Waals surface area (Å²) in [6, 6.07) is 5.09. The minimum Gasteiger partial charge on any atom is -0.497 e. The number of benzene rings is 1. The van der Waals surface area contributed by atoms with Gasteiger partial charge in [-0.2, -0.15) is 0 Å². The lowest BCUT2D eigenvalue weighted by Crippen LogP contribution is -2.25. The van der Waals surface area contributed by atoms with E-state index in [1.54, 1.807) is 49.3 Å². The molecule has 0 bridgehead atoms. The molecular formula is C14H16N2O3S. The molecule has 0 unspecified atom stereocenters. The maximum absolute atomic E-state index is 12.1. The average Bonchev–Trinajstić information content (AvgIpc) is 2.99. The number of nitrogens with one attached hydrogen (secondary N) is 1. The molecule has 20 heavy (non-hydrogen) atoms. The summed E-state index contributed by atoms with van der Waals surface area (Å²) in [6.45, 7) is 0.544. The molecule has 2 aromatic rings. The fourth-order valence-electron chi connectivity index (χ4n) is 1.71. The van der Waals surface area contributed by atoms with Crippen molar-refractivity contribution in [2.24, 2.45) is 0 Å². The molecule has 0 spiro atoms. The van der Waals surface area contributed by atoms with Crippen molar-refractivity contribution in [3.05, 3.63) is 40.3 Å². The molecule has 0 atom stereocenters. The van der Waals surface area contributed by atoms with E-state index in [4.69, 9.17) is 9.47 Å². The molecule has 0 saturated heterocycles. The van der Waals surface area contributed by atoms with Gasteiger partial charge < -0.3 is 14.8 Å². The van der Waals surface area contributed by atoms with Gasteiger partial charge in [0.15, 0.2) is 0 Å². The highest BCUT2D eigenvalue weighted by Gasteiger charge is 2.09. The van der Waals surface area contributed by atoms with Crippen LogP contribution in [0.4, 0.5) is 0 Å². The van der Waals surface area contributed by atoms with Gasteiger partial charge >= 0.3 is 0 Å². The Kier molecular flexibility index (Phi) is 4.95. The Morgan fingerprint density at radius 2 is 1.95 bits per heavy atom. The molecule has 0 radical (unpaired) electrons. The van der Waals surface area contributed by atoms with Crippen LogP contribution in [-0.2, 0) is 6.42 Å². The number of aromatic nitrogens is 1. The molecule has 1 amide bonds. The predicted octanol–water partition coefficient (Wildman–Crippen LogP) is 2.13. The van der Waals surface area contributed by atoms with E-state index >= 15 is 0 Å². The normalized spacial score (nSPS) is 10.1. The predicted molar refractivity (Wildman–Crippen MR) is 77.7 cm³/mol. The van der Waals surface area contributed by atoms with Crippen LogP contribution in [0.2, 0.25) is 0 Å². The quantitative estimate of drug-likeness (QED) is 0.886. The Bertz CT molecular complexity index is 548. The fraction of sp³-hybridized carbons (Fsp3) is 0.286. The molecule has 1 aromatic heterocycles.